The number of hydrogen-bond acceptors (Lipinski definition) is 14. The van der Waals surface area contributed by atoms with Gasteiger partial charge in [0.2, 0.25) is 5.88 Å². The number of fused-ring (bicyclic) bond motifs is 3. The molecule has 18 heteroatoms. The summed E-state index contributed by atoms with van der Waals surface area (Å²) in [6, 6.07) is 22.4. The molecule has 17 nitrogen and oxygen atoms in total. The first kappa shape index (κ1) is 48.5. The third kappa shape index (κ3) is 9.40. The van der Waals surface area contributed by atoms with Crippen molar-refractivity contribution in [3.05, 3.63) is 106 Å². The second-order valence-electron chi connectivity index (χ2n) is 21.7. The van der Waals surface area contributed by atoms with Crippen LogP contribution in [0.3, 0.4) is 0 Å². The van der Waals surface area contributed by atoms with E-state index in [1.807, 2.05) is 37.4 Å². The minimum absolute atomic E-state index is 0.114. The van der Waals surface area contributed by atoms with Gasteiger partial charge in [-0.3, -0.25) is 19.8 Å². The molecule has 0 unspecified atom stereocenters. The number of aliphatic hydroxyl groups is 1. The summed E-state index contributed by atoms with van der Waals surface area (Å²) in [5.74, 6) is 0.116. The number of benzene rings is 3. The van der Waals surface area contributed by atoms with Gasteiger partial charge in [-0.2, -0.15) is 4.98 Å². The molecular formula is C54H66N8O9S. The normalized spacial score (nSPS) is 25.6. The van der Waals surface area contributed by atoms with E-state index in [1.54, 1.807) is 6.07 Å². The lowest BCUT2D eigenvalue weighted by Gasteiger charge is -2.57. The molecule has 2 aromatic heterocycles. The number of nitrogens with one attached hydrogen (secondary N) is 3. The van der Waals surface area contributed by atoms with Gasteiger partial charge in [-0.15, -0.1) is 0 Å². The Morgan fingerprint density at radius 2 is 1.72 bits per heavy atom. The van der Waals surface area contributed by atoms with Crippen molar-refractivity contribution in [3.8, 4) is 5.88 Å². The van der Waals surface area contributed by atoms with Crippen LogP contribution in [0, 0.1) is 21.4 Å². The number of pyridine rings is 1. The predicted octanol–water partition coefficient (Wildman–Crippen LogP) is 8.58. The first-order chi connectivity index (χ1) is 34.6. The molecule has 4 aliphatic heterocycles. The maximum Gasteiger partial charge on any atom is 0.293 e. The van der Waals surface area contributed by atoms with Gasteiger partial charge in [-0.25, -0.2) is 13.1 Å². The van der Waals surface area contributed by atoms with Crippen LogP contribution in [-0.4, -0.2) is 116 Å². The van der Waals surface area contributed by atoms with E-state index in [0.717, 1.165) is 81.9 Å². The van der Waals surface area contributed by atoms with Crippen LogP contribution >= 0.6 is 0 Å². The molecule has 11 rings (SSSR count). The Balaban J connectivity index is 0.864. The number of ether oxygens (including phenoxy) is 3. The van der Waals surface area contributed by atoms with E-state index in [1.165, 1.54) is 23.3 Å². The topological polar surface area (TPSA) is 205 Å². The molecule has 72 heavy (non-hydrogen) atoms. The van der Waals surface area contributed by atoms with Crippen molar-refractivity contribution < 1.29 is 37.5 Å². The summed E-state index contributed by atoms with van der Waals surface area (Å²) in [5, 5.41) is 26.8. The van der Waals surface area contributed by atoms with Gasteiger partial charge >= 0.3 is 0 Å². The number of nitro groups is 1. The van der Waals surface area contributed by atoms with Crippen LogP contribution in [0.4, 0.5) is 28.4 Å². The fourth-order valence-electron chi connectivity index (χ4n) is 12.5. The van der Waals surface area contributed by atoms with E-state index in [2.05, 4.69) is 67.8 Å². The lowest BCUT2D eigenvalue weighted by atomic mass is 9.59. The molecule has 3 aromatic carbocycles. The van der Waals surface area contributed by atoms with Gasteiger partial charge in [0.25, 0.3) is 21.6 Å². The number of hydrogen-bond donors (Lipinski definition) is 4. The lowest BCUT2D eigenvalue weighted by Crippen LogP contribution is -2.58. The Morgan fingerprint density at radius 3 is 2.50 bits per heavy atom. The van der Waals surface area contributed by atoms with Crippen molar-refractivity contribution in [2.45, 2.75) is 119 Å². The Kier molecular flexibility index (Phi) is 13.0. The van der Waals surface area contributed by atoms with Crippen LogP contribution in [-0.2, 0) is 19.5 Å². The van der Waals surface area contributed by atoms with Crippen molar-refractivity contribution in [2.75, 3.05) is 67.7 Å². The van der Waals surface area contributed by atoms with Crippen molar-refractivity contribution in [3.63, 3.8) is 0 Å². The number of sulfonamides is 1. The largest absolute Gasteiger partial charge is 0.468 e. The highest BCUT2D eigenvalue weighted by Crippen LogP contribution is 2.54. The molecule has 6 heterocycles. The number of morpholine rings is 1. The number of nitro benzene ring substituents is 1. The Morgan fingerprint density at radius 1 is 0.944 bits per heavy atom. The minimum atomic E-state index is -4.62. The third-order valence-corrected chi connectivity index (χ3v) is 18.0. The standard InChI is InChI=1S/C54H66N8O9S/c1-34(2)40-6-4-5-7-41(40)48-32-70-25-23-60(48)38-29-54(30-38)18-21-59(22-19-54)37-8-10-42(45(27-37)61-44-15-24-69-33-49(44)71-52-47(61)26-36-14-20-55-50(36)57-52)51(63)58-72(67,68)39-9-11-43(46(28-39)62(65)66)56-31-35-12-16-53(3,64)17-13-35/h4-11,14,20,26-28,34-35,38,44,48-49,56,64H,12-13,15-19,21-25,29-33H2,1-3H3,(H,55,57)(H,58,63)/t35-,44-,48-,49-,53-/m0/s1. The van der Waals surface area contributed by atoms with Crippen LogP contribution in [0.5, 0.6) is 5.88 Å². The van der Waals surface area contributed by atoms with Gasteiger partial charge in [0.1, 0.15) is 23.1 Å². The molecule has 4 N–H and O–H groups in total. The van der Waals surface area contributed by atoms with E-state index >= 15 is 0 Å². The number of aromatic amines is 1. The highest BCUT2D eigenvalue weighted by atomic mass is 32.2. The molecule has 2 aliphatic carbocycles. The molecule has 1 amide bonds. The fraction of sp³-hybridized carbons (Fsp3) is 0.519. The number of nitrogens with zero attached hydrogens (tertiary/aromatic N) is 5. The summed E-state index contributed by atoms with van der Waals surface area (Å²) in [4.78, 5) is 41.2. The van der Waals surface area contributed by atoms with Gasteiger partial charge in [0.15, 0.2) is 0 Å². The van der Waals surface area contributed by atoms with E-state index in [4.69, 9.17) is 19.2 Å². The number of amides is 1. The molecule has 5 fully saturated rings. The van der Waals surface area contributed by atoms with Crippen LogP contribution in [0.1, 0.15) is 112 Å². The third-order valence-electron chi connectivity index (χ3n) is 16.7. The summed E-state index contributed by atoms with van der Waals surface area (Å²) >= 11 is 0. The first-order valence-electron chi connectivity index (χ1n) is 25.8. The molecule has 382 valence electrons. The van der Waals surface area contributed by atoms with Crippen molar-refractivity contribution in [1.29, 1.82) is 0 Å². The average molecular weight is 1000 g/mol. The number of aromatic nitrogens is 2. The van der Waals surface area contributed by atoms with Gasteiger partial charge in [0.05, 0.1) is 58.6 Å². The molecule has 0 bridgehead atoms. The van der Waals surface area contributed by atoms with Gasteiger partial charge in [0, 0.05) is 62.2 Å². The van der Waals surface area contributed by atoms with Gasteiger partial charge in [-0.05, 0) is 136 Å². The van der Waals surface area contributed by atoms with E-state index in [9.17, 15) is 28.4 Å². The highest BCUT2D eigenvalue weighted by Gasteiger charge is 2.50. The molecular weight excluding hydrogens is 937 g/mol. The summed E-state index contributed by atoms with van der Waals surface area (Å²) in [5.41, 5.74) is 4.87. The van der Waals surface area contributed by atoms with E-state index in [0.29, 0.717) is 80.5 Å². The molecule has 5 aromatic rings. The predicted molar refractivity (Wildman–Crippen MR) is 275 cm³/mol. The number of piperidine rings is 1. The number of anilines is 4. The number of carbonyl (C=O) groups is 1. The summed E-state index contributed by atoms with van der Waals surface area (Å²) in [7, 11) is -4.62. The van der Waals surface area contributed by atoms with Crippen LogP contribution < -0.4 is 24.6 Å². The van der Waals surface area contributed by atoms with Crippen molar-refractivity contribution in [2.24, 2.45) is 11.3 Å². The monoisotopic (exact) mass is 1000 g/mol. The molecule has 6 aliphatic rings. The first-order valence-corrected chi connectivity index (χ1v) is 27.3. The van der Waals surface area contributed by atoms with Crippen molar-refractivity contribution >= 4 is 55.4 Å². The number of carbonyl (C=O) groups excluding carboxylic acids is 1. The molecule has 3 saturated heterocycles. The van der Waals surface area contributed by atoms with Crippen LogP contribution in [0.15, 0.2) is 83.9 Å². The second-order valence-corrected chi connectivity index (χ2v) is 23.4. The lowest BCUT2D eigenvalue weighted by molar-refractivity contribution is -0.384. The zero-order chi connectivity index (χ0) is 49.9. The van der Waals surface area contributed by atoms with E-state index < -0.39 is 43.1 Å². The maximum absolute atomic E-state index is 14.7. The fourth-order valence-corrected chi connectivity index (χ4v) is 13.5. The Labute approximate surface area is 420 Å². The van der Waals surface area contributed by atoms with Gasteiger partial charge < -0.3 is 39.4 Å². The quantitative estimate of drug-likeness (QED) is 0.0683. The highest BCUT2D eigenvalue weighted by molar-refractivity contribution is 7.90. The van der Waals surface area contributed by atoms with Crippen LogP contribution in [0.25, 0.3) is 11.0 Å². The smallest absolute Gasteiger partial charge is 0.293 e. The average Bonchev–Trinajstić information content (AvgIpc) is 3.83. The second kappa shape index (κ2) is 19.2. The van der Waals surface area contributed by atoms with Gasteiger partial charge in [-0.1, -0.05) is 38.1 Å². The zero-order valence-electron chi connectivity index (χ0n) is 41.3. The summed E-state index contributed by atoms with van der Waals surface area (Å²) in [6.45, 7) is 11.6. The van der Waals surface area contributed by atoms with E-state index in [-0.39, 0.29) is 34.7 Å². The molecule has 3 atom stereocenters. The zero-order valence-corrected chi connectivity index (χ0v) is 42.2. The summed E-state index contributed by atoms with van der Waals surface area (Å²) in [6.07, 6.45) is 9.09. The molecule has 2 saturated carbocycles. The SMILES string of the molecule is CC(C)c1ccccc1[C@@H]1COCCN1C1CC2(CCN(c3ccc(C(=O)NS(=O)(=O)c4ccc(NC[C@H]5CC[C@](C)(O)CC5)c([N+](=O)[O-])c4)c(N4c5cc6cc[nH]c6nc5O[C@H]5COCC[C@@H]54)c3)CC2)C1. The number of rotatable bonds is 12. The number of H-pyrrole nitrogens is 1. The molecule has 1 spiro atoms. The Bertz CT molecular complexity index is 2950. The van der Waals surface area contributed by atoms with Crippen LogP contribution in [0.2, 0.25) is 0 Å². The summed E-state index contributed by atoms with van der Waals surface area (Å²) < 4.78 is 49.2. The molecule has 0 radical (unpaired) electrons. The maximum atomic E-state index is 14.7. The Hall–Kier alpha value is -5.79. The minimum Gasteiger partial charge on any atom is -0.468 e. The van der Waals surface area contributed by atoms with Crippen molar-refractivity contribution in [1.82, 2.24) is 19.6 Å².